The van der Waals surface area contributed by atoms with Gasteiger partial charge in [0.25, 0.3) is 0 Å². The number of hydrogen-bond acceptors (Lipinski definition) is 2. The number of benzene rings is 9. The summed E-state index contributed by atoms with van der Waals surface area (Å²) in [7, 11) is 0. The molecule has 0 unspecified atom stereocenters. The highest BCUT2D eigenvalue weighted by atomic mass is 16.3. The van der Waals surface area contributed by atoms with E-state index >= 15 is 0 Å². The number of aromatic nitrogens is 2. The van der Waals surface area contributed by atoms with Gasteiger partial charge in [0.2, 0.25) is 0 Å². The van der Waals surface area contributed by atoms with Crippen LogP contribution in [-0.4, -0.2) is 9.13 Å². The Morgan fingerprint density at radius 2 is 0.879 bits per heavy atom. The first-order valence-electron chi connectivity index (χ1n) is 19.7. The molecule has 0 saturated heterocycles. The van der Waals surface area contributed by atoms with Crippen molar-refractivity contribution in [2.75, 3.05) is 0 Å². The van der Waals surface area contributed by atoms with Gasteiger partial charge in [-0.25, -0.2) is 0 Å². The van der Waals surface area contributed by atoms with E-state index in [1.807, 2.05) is 0 Å². The van der Waals surface area contributed by atoms with Crippen molar-refractivity contribution in [3.8, 4) is 33.6 Å². The molecule has 0 aliphatic heterocycles. The van der Waals surface area contributed by atoms with Gasteiger partial charge in [-0.3, -0.25) is 0 Å². The maximum absolute atomic E-state index is 6.59. The summed E-state index contributed by atoms with van der Waals surface area (Å²) in [6.07, 6.45) is 0. The Bertz CT molecular complexity index is 3790. The summed E-state index contributed by atoms with van der Waals surface area (Å²) in [6.45, 7) is 0. The first-order chi connectivity index (χ1) is 28.7. The van der Waals surface area contributed by atoms with Gasteiger partial charge in [0, 0.05) is 60.5 Å². The van der Waals surface area contributed by atoms with Gasteiger partial charge in [-0.15, -0.1) is 0 Å². The first-order valence-corrected chi connectivity index (χ1v) is 19.7. The molecular weight excluding hydrogens is 709 g/mol. The number of furan rings is 2. The number of fused-ring (bicyclic) bond motifs is 12. The van der Waals surface area contributed by atoms with Crippen LogP contribution in [0.1, 0.15) is 0 Å². The van der Waals surface area contributed by atoms with Crippen LogP contribution in [-0.2, 0) is 0 Å². The molecular formula is C54H32N2O2. The molecule has 0 radical (unpaired) electrons. The Labute approximate surface area is 332 Å². The standard InChI is InChI=1S/C54H32N2O2/c1-3-12-33(13-4-1)34-23-26-50-43(28-34)44-31-42-40-17-8-10-20-47(40)56(49(42)32-53(44)58-50)37-24-27-51-45(30-37)54-38(18-11-21-52(54)57-51)35-22-25-48-41(29-35)39-16-7-9-19-46(39)55(48)36-14-5-2-6-15-36/h1-32H. The van der Waals surface area contributed by atoms with E-state index in [4.69, 9.17) is 8.83 Å². The van der Waals surface area contributed by atoms with E-state index in [9.17, 15) is 0 Å². The van der Waals surface area contributed by atoms with E-state index in [2.05, 4.69) is 203 Å². The van der Waals surface area contributed by atoms with Crippen molar-refractivity contribution in [2.24, 2.45) is 0 Å². The van der Waals surface area contributed by atoms with E-state index < -0.39 is 0 Å². The second-order valence-electron chi connectivity index (χ2n) is 15.3. The fourth-order valence-corrected chi connectivity index (χ4v) is 9.52. The predicted molar refractivity (Wildman–Crippen MR) is 241 cm³/mol. The third-order valence-electron chi connectivity index (χ3n) is 12.1. The second kappa shape index (κ2) is 11.8. The lowest BCUT2D eigenvalue weighted by Crippen LogP contribution is -1.93. The summed E-state index contributed by atoms with van der Waals surface area (Å²) in [4.78, 5) is 0. The molecule has 270 valence electrons. The number of para-hydroxylation sites is 3. The minimum Gasteiger partial charge on any atom is -0.456 e. The summed E-state index contributed by atoms with van der Waals surface area (Å²) in [6, 6.07) is 69.5. The fourth-order valence-electron chi connectivity index (χ4n) is 9.52. The minimum absolute atomic E-state index is 0.864. The Hall–Kier alpha value is -7.82. The molecule has 13 rings (SSSR count). The van der Waals surface area contributed by atoms with E-state index in [1.54, 1.807) is 0 Å². The zero-order valence-corrected chi connectivity index (χ0v) is 31.2. The number of nitrogens with zero attached hydrogens (tertiary/aromatic N) is 2. The van der Waals surface area contributed by atoms with Crippen molar-refractivity contribution in [2.45, 2.75) is 0 Å². The van der Waals surface area contributed by atoms with Gasteiger partial charge in [0.1, 0.15) is 22.3 Å². The molecule has 9 aromatic carbocycles. The molecule has 0 saturated carbocycles. The van der Waals surface area contributed by atoms with Crippen molar-refractivity contribution in [3.63, 3.8) is 0 Å². The van der Waals surface area contributed by atoms with Gasteiger partial charge in [-0.1, -0.05) is 109 Å². The second-order valence-corrected chi connectivity index (χ2v) is 15.3. The summed E-state index contributed by atoms with van der Waals surface area (Å²) in [5, 5.41) is 9.28. The topological polar surface area (TPSA) is 36.1 Å². The van der Waals surface area contributed by atoms with Gasteiger partial charge in [-0.05, 0) is 101 Å². The number of hydrogen-bond donors (Lipinski definition) is 0. The molecule has 0 aliphatic rings. The maximum atomic E-state index is 6.59. The first kappa shape index (κ1) is 31.4. The van der Waals surface area contributed by atoms with E-state index in [0.29, 0.717) is 0 Å². The van der Waals surface area contributed by atoms with Gasteiger partial charge >= 0.3 is 0 Å². The lowest BCUT2D eigenvalue weighted by atomic mass is 9.97. The lowest BCUT2D eigenvalue weighted by Gasteiger charge is -2.09. The molecule has 0 amide bonds. The molecule has 4 heterocycles. The van der Waals surface area contributed by atoms with Gasteiger partial charge in [0.15, 0.2) is 0 Å². The van der Waals surface area contributed by atoms with Crippen LogP contribution in [0, 0.1) is 0 Å². The largest absolute Gasteiger partial charge is 0.456 e. The normalized spacial score (nSPS) is 12.1. The molecule has 0 bridgehead atoms. The van der Waals surface area contributed by atoms with E-state index in [0.717, 1.165) is 77.4 Å². The summed E-state index contributed by atoms with van der Waals surface area (Å²) >= 11 is 0. The minimum atomic E-state index is 0.864. The molecule has 4 heteroatoms. The molecule has 0 fully saturated rings. The Balaban J connectivity index is 1.01. The number of rotatable bonds is 4. The van der Waals surface area contributed by atoms with Crippen LogP contribution in [0.3, 0.4) is 0 Å². The highest BCUT2D eigenvalue weighted by molar-refractivity contribution is 6.19. The molecule has 0 aliphatic carbocycles. The maximum Gasteiger partial charge on any atom is 0.137 e. The van der Waals surface area contributed by atoms with Crippen LogP contribution in [0.25, 0.3) is 121 Å². The van der Waals surface area contributed by atoms with E-state index in [1.165, 1.54) is 43.7 Å². The van der Waals surface area contributed by atoms with Crippen molar-refractivity contribution < 1.29 is 8.83 Å². The van der Waals surface area contributed by atoms with Gasteiger partial charge in [-0.2, -0.15) is 0 Å². The van der Waals surface area contributed by atoms with Crippen LogP contribution >= 0.6 is 0 Å². The van der Waals surface area contributed by atoms with Crippen LogP contribution < -0.4 is 0 Å². The van der Waals surface area contributed by atoms with Gasteiger partial charge < -0.3 is 18.0 Å². The fraction of sp³-hybridized carbons (Fsp3) is 0. The Morgan fingerprint density at radius 1 is 0.276 bits per heavy atom. The quantitative estimate of drug-likeness (QED) is 0.180. The van der Waals surface area contributed by atoms with Crippen LogP contribution in [0.15, 0.2) is 203 Å². The van der Waals surface area contributed by atoms with Crippen LogP contribution in [0.2, 0.25) is 0 Å². The van der Waals surface area contributed by atoms with Crippen LogP contribution in [0.4, 0.5) is 0 Å². The Morgan fingerprint density at radius 3 is 1.69 bits per heavy atom. The average Bonchev–Trinajstić information content (AvgIpc) is 4.03. The zero-order chi connectivity index (χ0) is 37.9. The highest BCUT2D eigenvalue weighted by Crippen LogP contribution is 2.43. The molecule has 13 aromatic rings. The monoisotopic (exact) mass is 740 g/mol. The van der Waals surface area contributed by atoms with Crippen molar-refractivity contribution in [3.05, 3.63) is 194 Å². The smallest absolute Gasteiger partial charge is 0.137 e. The highest BCUT2D eigenvalue weighted by Gasteiger charge is 2.20. The summed E-state index contributed by atoms with van der Waals surface area (Å²) < 4.78 is 17.9. The van der Waals surface area contributed by atoms with Crippen LogP contribution in [0.5, 0.6) is 0 Å². The lowest BCUT2D eigenvalue weighted by molar-refractivity contribution is 0.668. The van der Waals surface area contributed by atoms with Crippen molar-refractivity contribution >= 4 is 87.5 Å². The third-order valence-corrected chi connectivity index (χ3v) is 12.1. The molecule has 58 heavy (non-hydrogen) atoms. The molecule has 4 nitrogen and oxygen atoms in total. The average molecular weight is 741 g/mol. The zero-order valence-electron chi connectivity index (χ0n) is 31.2. The molecule has 0 N–H and O–H groups in total. The Kier molecular flexibility index (Phi) is 6.41. The molecule has 0 spiro atoms. The molecule has 0 atom stereocenters. The molecule has 4 aromatic heterocycles. The van der Waals surface area contributed by atoms with Gasteiger partial charge in [0.05, 0.1) is 22.1 Å². The summed E-state index contributed by atoms with van der Waals surface area (Å²) in [5.74, 6) is 0. The van der Waals surface area contributed by atoms with E-state index in [-0.39, 0.29) is 0 Å². The predicted octanol–water partition coefficient (Wildman–Crippen LogP) is 15.0. The van der Waals surface area contributed by atoms with Crippen molar-refractivity contribution in [1.29, 1.82) is 0 Å². The third kappa shape index (κ3) is 4.45. The summed E-state index contributed by atoms with van der Waals surface area (Å²) in [5.41, 5.74) is 15.0. The SMILES string of the molecule is c1ccc(-c2ccc3oc4cc5c(cc4c3c2)c2ccccc2n5-c2ccc3oc4cccc(-c5ccc6c(c5)c5ccccc5n6-c5ccccc5)c4c3c2)cc1. The van der Waals surface area contributed by atoms with Crippen molar-refractivity contribution in [1.82, 2.24) is 9.13 Å².